The fourth-order valence-corrected chi connectivity index (χ4v) is 4.19. The number of aromatic nitrogens is 3. The zero-order valence-corrected chi connectivity index (χ0v) is 14.3. The Bertz CT molecular complexity index is 821. The highest BCUT2D eigenvalue weighted by Gasteiger charge is 2.55. The first-order valence-electron chi connectivity index (χ1n) is 8.79. The van der Waals surface area contributed by atoms with E-state index in [-0.39, 0.29) is 18.5 Å². The SMILES string of the molecule is O=C(Nc1ccnn1Cc1ccccn1)N1C[C@@H]2CCC[C@@]2(C(=O)O)C1. The van der Waals surface area contributed by atoms with Crippen LogP contribution in [0.5, 0.6) is 0 Å². The first kappa shape index (κ1) is 16.6. The lowest BCUT2D eigenvalue weighted by molar-refractivity contribution is -0.149. The second-order valence-corrected chi connectivity index (χ2v) is 7.06. The number of amides is 2. The highest BCUT2D eigenvalue weighted by molar-refractivity contribution is 5.89. The molecule has 2 aromatic heterocycles. The van der Waals surface area contributed by atoms with Crippen molar-refractivity contribution in [2.24, 2.45) is 11.3 Å². The Labute approximate surface area is 150 Å². The van der Waals surface area contributed by atoms with E-state index in [1.165, 1.54) is 0 Å². The van der Waals surface area contributed by atoms with Crippen LogP contribution >= 0.6 is 0 Å². The van der Waals surface area contributed by atoms with Gasteiger partial charge in [0.15, 0.2) is 0 Å². The van der Waals surface area contributed by atoms with Crippen molar-refractivity contribution in [2.75, 3.05) is 18.4 Å². The minimum atomic E-state index is -0.782. The zero-order chi connectivity index (χ0) is 18.1. The lowest BCUT2D eigenvalue weighted by Gasteiger charge is -2.23. The van der Waals surface area contributed by atoms with Crippen LogP contribution in [0.1, 0.15) is 25.0 Å². The Morgan fingerprint density at radius 1 is 1.31 bits per heavy atom. The van der Waals surface area contributed by atoms with Crippen LogP contribution in [0.3, 0.4) is 0 Å². The fourth-order valence-electron chi connectivity index (χ4n) is 4.19. The maximum atomic E-state index is 12.7. The minimum absolute atomic E-state index is 0.0455. The molecule has 0 unspecified atom stereocenters. The lowest BCUT2D eigenvalue weighted by Crippen LogP contribution is -2.39. The average Bonchev–Trinajstić information content (AvgIpc) is 3.30. The van der Waals surface area contributed by atoms with E-state index in [4.69, 9.17) is 0 Å². The molecule has 3 heterocycles. The first-order chi connectivity index (χ1) is 12.6. The number of rotatable bonds is 4. The van der Waals surface area contributed by atoms with Gasteiger partial charge < -0.3 is 10.0 Å². The van der Waals surface area contributed by atoms with Gasteiger partial charge in [0, 0.05) is 25.4 Å². The van der Waals surface area contributed by atoms with Crippen molar-refractivity contribution >= 4 is 17.8 Å². The third kappa shape index (κ3) is 2.81. The van der Waals surface area contributed by atoms with E-state index in [1.54, 1.807) is 28.0 Å². The van der Waals surface area contributed by atoms with Crippen molar-refractivity contribution in [1.29, 1.82) is 0 Å². The molecule has 8 heteroatoms. The molecule has 0 spiro atoms. The molecule has 2 atom stereocenters. The molecule has 1 saturated carbocycles. The summed E-state index contributed by atoms with van der Waals surface area (Å²) >= 11 is 0. The average molecular weight is 355 g/mol. The molecular weight excluding hydrogens is 334 g/mol. The molecule has 0 aromatic carbocycles. The van der Waals surface area contributed by atoms with Crippen LogP contribution in [-0.2, 0) is 11.3 Å². The molecule has 26 heavy (non-hydrogen) atoms. The smallest absolute Gasteiger partial charge is 0.323 e. The fraction of sp³-hybridized carbons (Fsp3) is 0.444. The van der Waals surface area contributed by atoms with Crippen molar-refractivity contribution < 1.29 is 14.7 Å². The summed E-state index contributed by atoms with van der Waals surface area (Å²) in [6, 6.07) is 7.09. The van der Waals surface area contributed by atoms with Crippen molar-refractivity contribution in [3.8, 4) is 0 Å². The largest absolute Gasteiger partial charge is 0.481 e. The number of aliphatic carboxylic acids is 1. The second-order valence-electron chi connectivity index (χ2n) is 7.06. The summed E-state index contributed by atoms with van der Waals surface area (Å²) in [5, 5.41) is 16.8. The Morgan fingerprint density at radius 3 is 2.92 bits per heavy atom. The van der Waals surface area contributed by atoms with Gasteiger partial charge in [0.2, 0.25) is 0 Å². The normalized spacial score (nSPS) is 24.5. The molecule has 0 radical (unpaired) electrons. The van der Waals surface area contributed by atoms with Crippen molar-refractivity contribution in [1.82, 2.24) is 19.7 Å². The summed E-state index contributed by atoms with van der Waals surface area (Å²) in [7, 11) is 0. The molecule has 8 nitrogen and oxygen atoms in total. The molecule has 2 amide bonds. The summed E-state index contributed by atoms with van der Waals surface area (Å²) in [5.74, 6) is -0.165. The molecule has 2 aliphatic rings. The Hall–Kier alpha value is -2.90. The quantitative estimate of drug-likeness (QED) is 0.874. The van der Waals surface area contributed by atoms with Crippen LogP contribution in [0.4, 0.5) is 10.6 Å². The second kappa shape index (κ2) is 6.44. The number of hydrogen-bond acceptors (Lipinski definition) is 4. The number of carboxylic acids is 1. The number of fused-ring (bicyclic) bond motifs is 1. The molecule has 2 N–H and O–H groups in total. The first-order valence-corrected chi connectivity index (χ1v) is 8.79. The molecule has 0 bridgehead atoms. The number of urea groups is 1. The number of hydrogen-bond donors (Lipinski definition) is 2. The van der Waals surface area contributed by atoms with Crippen molar-refractivity contribution in [3.05, 3.63) is 42.4 Å². The highest BCUT2D eigenvalue weighted by atomic mass is 16.4. The number of anilines is 1. The Balaban J connectivity index is 1.45. The van der Waals surface area contributed by atoms with Gasteiger partial charge in [0.25, 0.3) is 0 Å². The van der Waals surface area contributed by atoms with E-state index in [0.717, 1.165) is 18.5 Å². The molecule has 2 fully saturated rings. The van der Waals surface area contributed by atoms with Gasteiger partial charge in [-0.25, -0.2) is 9.48 Å². The van der Waals surface area contributed by atoms with Gasteiger partial charge in [0.05, 0.1) is 23.9 Å². The minimum Gasteiger partial charge on any atom is -0.481 e. The van der Waals surface area contributed by atoms with Crippen molar-refractivity contribution in [3.63, 3.8) is 0 Å². The topological polar surface area (TPSA) is 100 Å². The predicted octanol–water partition coefficient (Wildman–Crippen LogP) is 2.04. The van der Waals surface area contributed by atoms with E-state index < -0.39 is 11.4 Å². The Kier molecular flexibility index (Phi) is 4.10. The number of likely N-dealkylation sites (tertiary alicyclic amines) is 1. The van der Waals surface area contributed by atoms with E-state index in [2.05, 4.69) is 15.4 Å². The number of carboxylic acid groups (broad SMARTS) is 1. The maximum absolute atomic E-state index is 12.7. The summed E-state index contributed by atoms with van der Waals surface area (Å²) in [6.07, 6.45) is 5.77. The third-order valence-electron chi connectivity index (χ3n) is 5.57. The maximum Gasteiger partial charge on any atom is 0.323 e. The molecular formula is C18H21N5O3. The van der Waals surface area contributed by atoms with Crippen molar-refractivity contribution in [2.45, 2.75) is 25.8 Å². The Morgan fingerprint density at radius 2 is 2.19 bits per heavy atom. The number of nitrogens with one attached hydrogen (secondary N) is 1. The van der Waals surface area contributed by atoms with Crippen LogP contribution in [0, 0.1) is 11.3 Å². The monoisotopic (exact) mass is 355 g/mol. The standard InChI is InChI=1S/C18H21N5O3/c24-16(25)18-7-3-4-13(18)10-22(12-18)17(26)21-15-6-9-20-23(15)11-14-5-1-2-8-19-14/h1-2,5-6,8-9,13H,3-4,7,10-12H2,(H,21,26)(H,24,25)/t13-,18+/m0/s1. The van der Waals surface area contributed by atoms with Gasteiger partial charge in [-0.05, 0) is 30.9 Å². The molecule has 2 aromatic rings. The van der Waals surface area contributed by atoms with E-state index in [0.29, 0.717) is 25.3 Å². The molecule has 4 rings (SSSR count). The van der Waals surface area contributed by atoms with Gasteiger partial charge >= 0.3 is 12.0 Å². The van der Waals surface area contributed by atoms with Crippen LogP contribution < -0.4 is 5.32 Å². The zero-order valence-electron chi connectivity index (χ0n) is 14.3. The lowest BCUT2D eigenvalue weighted by atomic mass is 9.81. The number of carbonyl (C=O) groups excluding carboxylic acids is 1. The third-order valence-corrected chi connectivity index (χ3v) is 5.57. The molecule has 1 aliphatic heterocycles. The van der Waals surface area contributed by atoms with Gasteiger partial charge in [0.1, 0.15) is 5.82 Å². The van der Waals surface area contributed by atoms with E-state index in [1.807, 2.05) is 18.2 Å². The van der Waals surface area contributed by atoms with Crippen LogP contribution in [0.25, 0.3) is 0 Å². The van der Waals surface area contributed by atoms with Crippen LogP contribution in [0.15, 0.2) is 36.7 Å². The molecule has 1 saturated heterocycles. The van der Waals surface area contributed by atoms with E-state index >= 15 is 0 Å². The highest BCUT2D eigenvalue weighted by Crippen LogP contribution is 2.48. The van der Waals surface area contributed by atoms with Gasteiger partial charge in [-0.1, -0.05) is 12.5 Å². The predicted molar refractivity (Wildman–Crippen MR) is 93.6 cm³/mol. The van der Waals surface area contributed by atoms with Gasteiger partial charge in [-0.2, -0.15) is 5.10 Å². The molecule has 136 valence electrons. The van der Waals surface area contributed by atoms with Crippen LogP contribution in [0.2, 0.25) is 0 Å². The van der Waals surface area contributed by atoms with Crippen LogP contribution in [-0.4, -0.2) is 49.9 Å². The van der Waals surface area contributed by atoms with Gasteiger partial charge in [-0.3, -0.25) is 15.1 Å². The van der Waals surface area contributed by atoms with Gasteiger partial charge in [-0.15, -0.1) is 0 Å². The molecule has 1 aliphatic carbocycles. The summed E-state index contributed by atoms with van der Waals surface area (Å²) in [5.41, 5.74) is 0.0678. The van der Waals surface area contributed by atoms with E-state index in [9.17, 15) is 14.7 Å². The number of pyridine rings is 1. The summed E-state index contributed by atoms with van der Waals surface area (Å²) < 4.78 is 1.67. The summed E-state index contributed by atoms with van der Waals surface area (Å²) in [6.45, 7) is 1.21. The summed E-state index contributed by atoms with van der Waals surface area (Å²) in [4.78, 5) is 30.3. The number of carbonyl (C=O) groups is 2. The number of nitrogens with zero attached hydrogens (tertiary/aromatic N) is 4.